The monoisotopic (exact) mass is 428 g/mol. The molecule has 0 aliphatic rings. The van der Waals surface area contributed by atoms with Gasteiger partial charge in [-0.3, -0.25) is 9.59 Å². The zero-order chi connectivity index (χ0) is 22.8. The van der Waals surface area contributed by atoms with E-state index in [1.165, 1.54) is 5.56 Å². The fraction of sp³-hybridized carbons (Fsp3) is 0.286. The van der Waals surface area contributed by atoms with Gasteiger partial charge in [0, 0.05) is 18.7 Å². The van der Waals surface area contributed by atoms with Crippen LogP contribution >= 0.6 is 0 Å². The Hall–Kier alpha value is -3.40. The van der Waals surface area contributed by atoms with Gasteiger partial charge < -0.3 is 10.2 Å². The molecule has 0 saturated carbocycles. The lowest BCUT2D eigenvalue weighted by atomic mass is 10.1. The maximum absolute atomic E-state index is 13.0. The number of nitrogens with one attached hydrogen (secondary N) is 1. The molecule has 0 atom stereocenters. The van der Waals surface area contributed by atoms with Gasteiger partial charge in [-0.25, -0.2) is 0 Å². The van der Waals surface area contributed by atoms with Gasteiger partial charge in [0.1, 0.15) is 0 Å². The van der Waals surface area contributed by atoms with Crippen LogP contribution in [0, 0.1) is 5.92 Å². The van der Waals surface area contributed by atoms with Crippen LogP contribution in [-0.4, -0.2) is 18.4 Å². The molecule has 4 heteroatoms. The number of rotatable bonds is 10. The lowest BCUT2D eigenvalue weighted by Crippen LogP contribution is -2.31. The second kappa shape index (κ2) is 11.8. The van der Waals surface area contributed by atoms with Crippen LogP contribution in [0.5, 0.6) is 0 Å². The van der Waals surface area contributed by atoms with Gasteiger partial charge in [-0.1, -0.05) is 86.6 Å². The summed E-state index contributed by atoms with van der Waals surface area (Å²) in [5.74, 6) is 0.355. The number of benzene rings is 3. The van der Waals surface area contributed by atoms with E-state index < -0.39 is 0 Å². The molecule has 3 aromatic carbocycles. The fourth-order valence-electron chi connectivity index (χ4n) is 3.62. The van der Waals surface area contributed by atoms with Crippen molar-refractivity contribution in [1.82, 2.24) is 5.32 Å². The first-order valence-corrected chi connectivity index (χ1v) is 11.2. The predicted octanol–water partition coefficient (Wildman–Crippen LogP) is 5.17. The van der Waals surface area contributed by atoms with Gasteiger partial charge in [-0.15, -0.1) is 0 Å². The number of hydrogen-bond acceptors (Lipinski definition) is 2. The molecule has 0 unspecified atom stereocenters. The van der Waals surface area contributed by atoms with Crippen molar-refractivity contribution in [2.45, 2.75) is 39.7 Å². The van der Waals surface area contributed by atoms with Crippen LogP contribution in [0.4, 0.5) is 5.69 Å². The summed E-state index contributed by atoms with van der Waals surface area (Å²) >= 11 is 0. The van der Waals surface area contributed by atoms with Crippen molar-refractivity contribution >= 4 is 17.5 Å². The van der Waals surface area contributed by atoms with Gasteiger partial charge in [0.15, 0.2) is 0 Å². The molecule has 32 heavy (non-hydrogen) atoms. The van der Waals surface area contributed by atoms with E-state index in [4.69, 9.17) is 0 Å². The third-order valence-electron chi connectivity index (χ3n) is 5.23. The van der Waals surface area contributed by atoms with Crippen LogP contribution < -0.4 is 10.2 Å². The molecule has 0 heterocycles. The Morgan fingerprint density at radius 3 is 2.09 bits per heavy atom. The van der Waals surface area contributed by atoms with Gasteiger partial charge in [0.05, 0.1) is 13.0 Å². The quantitative estimate of drug-likeness (QED) is 0.484. The Labute approximate surface area is 191 Å². The Bertz CT molecular complexity index is 1000. The summed E-state index contributed by atoms with van der Waals surface area (Å²) in [4.78, 5) is 27.3. The number of hydrogen-bond donors (Lipinski definition) is 1. The van der Waals surface area contributed by atoms with Crippen LogP contribution in [-0.2, 0) is 29.0 Å². The topological polar surface area (TPSA) is 49.4 Å². The maximum Gasteiger partial charge on any atom is 0.227 e. The predicted molar refractivity (Wildman–Crippen MR) is 130 cm³/mol. The molecule has 3 aromatic rings. The smallest absolute Gasteiger partial charge is 0.227 e. The summed E-state index contributed by atoms with van der Waals surface area (Å²) in [6, 6.07) is 27.9. The molecule has 1 N–H and O–H groups in total. The summed E-state index contributed by atoms with van der Waals surface area (Å²) in [6.07, 6.45) is 1.58. The molecular formula is C28H32N2O2. The van der Waals surface area contributed by atoms with Crippen molar-refractivity contribution in [3.05, 3.63) is 102 Å². The van der Waals surface area contributed by atoms with Crippen LogP contribution in [0.2, 0.25) is 0 Å². The molecule has 166 valence electrons. The highest BCUT2D eigenvalue weighted by molar-refractivity contribution is 5.93. The minimum Gasteiger partial charge on any atom is -0.355 e. The van der Waals surface area contributed by atoms with E-state index in [2.05, 4.69) is 31.3 Å². The Morgan fingerprint density at radius 1 is 0.812 bits per heavy atom. The number of carbonyl (C=O) groups excluding carboxylic acids is 2. The molecule has 0 spiro atoms. The van der Waals surface area contributed by atoms with E-state index in [1.54, 1.807) is 0 Å². The van der Waals surface area contributed by atoms with Crippen LogP contribution in [0.15, 0.2) is 84.9 Å². The first-order chi connectivity index (χ1) is 15.5. The van der Waals surface area contributed by atoms with Crippen LogP contribution in [0.3, 0.4) is 0 Å². The van der Waals surface area contributed by atoms with E-state index in [0.29, 0.717) is 25.9 Å². The molecule has 0 aromatic heterocycles. The number of nitrogens with zero attached hydrogens (tertiary/aromatic N) is 1. The summed E-state index contributed by atoms with van der Waals surface area (Å²) < 4.78 is 0. The van der Waals surface area contributed by atoms with Crippen molar-refractivity contribution in [2.24, 2.45) is 5.92 Å². The van der Waals surface area contributed by atoms with Crippen molar-refractivity contribution in [3.63, 3.8) is 0 Å². The number of anilines is 1. The molecule has 0 saturated heterocycles. The average molecular weight is 429 g/mol. The third-order valence-corrected chi connectivity index (χ3v) is 5.23. The Balaban J connectivity index is 1.66. The van der Waals surface area contributed by atoms with Gasteiger partial charge in [-0.2, -0.15) is 0 Å². The lowest BCUT2D eigenvalue weighted by Gasteiger charge is -2.24. The van der Waals surface area contributed by atoms with Crippen LogP contribution in [0.1, 0.15) is 37.0 Å². The van der Waals surface area contributed by atoms with Crippen LogP contribution in [0.25, 0.3) is 0 Å². The van der Waals surface area contributed by atoms with E-state index in [0.717, 1.165) is 23.2 Å². The minimum absolute atomic E-state index is 0.0128. The molecule has 0 radical (unpaired) electrons. The van der Waals surface area contributed by atoms with E-state index >= 15 is 0 Å². The van der Waals surface area contributed by atoms with E-state index in [-0.39, 0.29) is 17.7 Å². The minimum atomic E-state index is -0.0128. The molecule has 3 rings (SSSR count). The molecule has 0 aliphatic carbocycles. The van der Waals surface area contributed by atoms with Gasteiger partial charge >= 0.3 is 0 Å². The summed E-state index contributed by atoms with van der Waals surface area (Å²) in [5, 5.41) is 3.00. The highest BCUT2D eigenvalue weighted by atomic mass is 16.2. The summed E-state index contributed by atoms with van der Waals surface area (Å²) in [7, 11) is 0. The highest BCUT2D eigenvalue weighted by Gasteiger charge is 2.18. The van der Waals surface area contributed by atoms with Gasteiger partial charge in [0.2, 0.25) is 11.8 Å². The Kier molecular flexibility index (Phi) is 8.61. The Morgan fingerprint density at radius 2 is 1.44 bits per heavy atom. The molecule has 0 fully saturated rings. The lowest BCUT2D eigenvalue weighted by molar-refractivity contribution is -0.120. The van der Waals surface area contributed by atoms with E-state index in [9.17, 15) is 9.59 Å². The molecule has 4 nitrogen and oxygen atoms in total. The first-order valence-electron chi connectivity index (χ1n) is 11.2. The zero-order valence-electron chi connectivity index (χ0n) is 19.0. The molecule has 0 aliphatic heterocycles. The second-order valence-electron chi connectivity index (χ2n) is 8.50. The van der Waals surface area contributed by atoms with Crippen molar-refractivity contribution in [1.29, 1.82) is 0 Å². The fourth-order valence-corrected chi connectivity index (χ4v) is 3.62. The van der Waals surface area contributed by atoms with Gasteiger partial charge in [-0.05, 0) is 41.2 Å². The molecular weight excluding hydrogens is 396 g/mol. The SMILES string of the molecule is CC(C)CC(=O)N(Cc1ccccc1)c1cccc(CC(=O)NCCc2ccccc2)c1. The number of carbonyl (C=O) groups is 2. The average Bonchev–Trinajstić information content (AvgIpc) is 2.78. The first kappa shape index (κ1) is 23.3. The maximum atomic E-state index is 13.0. The molecule has 0 bridgehead atoms. The zero-order valence-corrected chi connectivity index (χ0v) is 19.0. The number of amides is 2. The van der Waals surface area contributed by atoms with Crippen molar-refractivity contribution < 1.29 is 9.59 Å². The van der Waals surface area contributed by atoms with Gasteiger partial charge in [0.25, 0.3) is 0 Å². The highest BCUT2D eigenvalue weighted by Crippen LogP contribution is 2.22. The standard InChI is InChI=1S/C28H32N2O2/c1-22(2)18-28(32)30(21-24-12-7-4-8-13-24)26-15-9-14-25(19-26)20-27(31)29-17-16-23-10-5-3-6-11-23/h3-15,19,22H,16-18,20-21H2,1-2H3,(H,29,31). The molecule has 2 amide bonds. The van der Waals surface area contributed by atoms with E-state index in [1.807, 2.05) is 77.7 Å². The summed E-state index contributed by atoms with van der Waals surface area (Å²) in [6.45, 7) is 5.22. The third kappa shape index (κ3) is 7.38. The normalized spacial score (nSPS) is 10.7. The van der Waals surface area contributed by atoms with Crippen molar-refractivity contribution in [3.8, 4) is 0 Å². The summed E-state index contributed by atoms with van der Waals surface area (Å²) in [5.41, 5.74) is 4.01. The second-order valence-corrected chi connectivity index (χ2v) is 8.50. The van der Waals surface area contributed by atoms with Crippen molar-refractivity contribution in [2.75, 3.05) is 11.4 Å². The largest absolute Gasteiger partial charge is 0.355 e.